The number of hydrogen-bond acceptors (Lipinski definition) is 2. The first-order chi connectivity index (χ1) is 8.56. The number of hydrogen-bond donors (Lipinski definition) is 1. The Bertz CT molecular complexity index is 358. The van der Waals surface area contributed by atoms with Crippen LogP contribution in [0.2, 0.25) is 0 Å². The maximum atomic E-state index is 12.7. The molecule has 1 fully saturated rings. The molecule has 0 aromatic heterocycles. The lowest BCUT2D eigenvalue weighted by Gasteiger charge is -2.35. The minimum Gasteiger partial charge on any atom is -0.314 e. The lowest BCUT2D eigenvalue weighted by Crippen LogP contribution is -2.46. The molecule has 100 valence electrons. The third-order valence-electron chi connectivity index (χ3n) is 3.20. The molecule has 1 N–H and O–H groups in total. The van der Waals surface area contributed by atoms with Crippen LogP contribution in [0.3, 0.4) is 0 Å². The van der Waals surface area contributed by atoms with Crippen molar-refractivity contribution in [1.29, 1.82) is 0 Å². The summed E-state index contributed by atoms with van der Waals surface area (Å²) < 4.78 is 38.1. The largest absolute Gasteiger partial charge is 0.390 e. The van der Waals surface area contributed by atoms with Crippen LogP contribution in [0.4, 0.5) is 13.2 Å². The summed E-state index contributed by atoms with van der Waals surface area (Å²) in [7, 11) is 0. The molecule has 0 saturated carbocycles. The van der Waals surface area contributed by atoms with Gasteiger partial charge >= 0.3 is 6.18 Å². The summed E-state index contributed by atoms with van der Waals surface area (Å²) in [4.78, 5) is 1.92. The van der Waals surface area contributed by atoms with Gasteiger partial charge in [-0.1, -0.05) is 30.3 Å². The zero-order valence-electron chi connectivity index (χ0n) is 10.1. The van der Waals surface area contributed by atoms with Gasteiger partial charge in [-0.05, 0) is 5.56 Å². The van der Waals surface area contributed by atoms with E-state index in [-0.39, 0.29) is 0 Å². The smallest absolute Gasteiger partial charge is 0.314 e. The minimum absolute atomic E-state index is 0.562. The van der Waals surface area contributed by atoms with Crippen LogP contribution in [0.5, 0.6) is 0 Å². The fourth-order valence-corrected chi connectivity index (χ4v) is 2.35. The van der Waals surface area contributed by atoms with Gasteiger partial charge in [0.15, 0.2) is 0 Å². The number of nitrogens with one attached hydrogen (secondary N) is 1. The molecule has 1 atom stereocenters. The number of rotatable bonds is 3. The second kappa shape index (κ2) is 5.71. The van der Waals surface area contributed by atoms with Crippen LogP contribution in [0, 0.1) is 0 Å². The molecule has 0 spiro atoms. The average molecular weight is 258 g/mol. The van der Waals surface area contributed by atoms with Crippen molar-refractivity contribution in [2.75, 3.05) is 26.2 Å². The van der Waals surface area contributed by atoms with Gasteiger partial charge in [-0.15, -0.1) is 0 Å². The van der Waals surface area contributed by atoms with Gasteiger partial charge in [0, 0.05) is 32.2 Å². The van der Waals surface area contributed by atoms with E-state index in [4.69, 9.17) is 0 Å². The molecule has 0 radical (unpaired) electrons. The molecular weight excluding hydrogens is 241 g/mol. The lowest BCUT2D eigenvalue weighted by atomic mass is 10.0. The van der Waals surface area contributed by atoms with E-state index in [2.05, 4.69) is 5.32 Å². The van der Waals surface area contributed by atoms with Gasteiger partial charge in [-0.3, -0.25) is 4.90 Å². The first kappa shape index (κ1) is 13.4. The molecular formula is C13H17F3N2. The monoisotopic (exact) mass is 258 g/mol. The predicted molar refractivity (Wildman–Crippen MR) is 64.3 cm³/mol. The second-order valence-corrected chi connectivity index (χ2v) is 4.53. The highest BCUT2D eigenvalue weighted by Gasteiger charge is 2.35. The number of benzene rings is 1. The molecule has 5 heteroatoms. The van der Waals surface area contributed by atoms with E-state index in [9.17, 15) is 13.2 Å². The molecule has 1 aromatic carbocycles. The van der Waals surface area contributed by atoms with Crippen LogP contribution in [0.1, 0.15) is 18.0 Å². The molecule has 0 unspecified atom stereocenters. The highest BCUT2D eigenvalue weighted by atomic mass is 19.4. The third-order valence-corrected chi connectivity index (χ3v) is 3.20. The predicted octanol–water partition coefficient (Wildman–Crippen LogP) is 2.59. The maximum absolute atomic E-state index is 12.7. The number of alkyl halides is 3. The van der Waals surface area contributed by atoms with Crippen molar-refractivity contribution in [2.24, 2.45) is 0 Å². The van der Waals surface area contributed by atoms with Gasteiger partial charge in [-0.2, -0.15) is 13.2 Å². The summed E-state index contributed by atoms with van der Waals surface area (Å²) in [6, 6.07) is 8.40. The van der Waals surface area contributed by atoms with Crippen LogP contribution in [-0.2, 0) is 0 Å². The third kappa shape index (κ3) is 3.71. The summed E-state index contributed by atoms with van der Waals surface area (Å²) >= 11 is 0. The Kier molecular flexibility index (Phi) is 4.24. The second-order valence-electron chi connectivity index (χ2n) is 4.53. The summed E-state index contributed by atoms with van der Waals surface area (Å²) in [5.41, 5.74) is 0.747. The number of nitrogens with zero attached hydrogens (tertiary/aromatic N) is 1. The van der Waals surface area contributed by atoms with Gasteiger partial charge in [0.25, 0.3) is 0 Å². The fourth-order valence-electron chi connectivity index (χ4n) is 2.35. The molecule has 18 heavy (non-hydrogen) atoms. The van der Waals surface area contributed by atoms with Crippen LogP contribution in [0.15, 0.2) is 30.3 Å². The quantitative estimate of drug-likeness (QED) is 0.896. The molecule has 1 heterocycles. The van der Waals surface area contributed by atoms with E-state index in [0.29, 0.717) is 13.1 Å². The highest BCUT2D eigenvalue weighted by Crippen LogP contribution is 2.33. The van der Waals surface area contributed by atoms with E-state index < -0.39 is 18.6 Å². The van der Waals surface area contributed by atoms with Crippen LogP contribution < -0.4 is 5.32 Å². The van der Waals surface area contributed by atoms with E-state index >= 15 is 0 Å². The van der Waals surface area contributed by atoms with Gasteiger partial charge in [0.05, 0.1) is 6.42 Å². The molecule has 1 saturated heterocycles. The summed E-state index contributed by atoms with van der Waals surface area (Å²) in [5.74, 6) is 0. The molecule has 1 aliphatic heterocycles. The van der Waals surface area contributed by atoms with Crippen molar-refractivity contribution in [2.45, 2.75) is 18.6 Å². The van der Waals surface area contributed by atoms with E-state index in [1.165, 1.54) is 0 Å². The highest BCUT2D eigenvalue weighted by molar-refractivity contribution is 5.19. The lowest BCUT2D eigenvalue weighted by molar-refractivity contribution is -0.148. The molecule has 0 amide bonds. The molecule has 1 aromatic rings. The van der Waals surface area contributed by atoms with Gasteiger partial charge < -0.3 is 5.32 Å². The standard InChI is InChI=1S/C13H17F3N2/c14-13(15,16)10-12(11-4-2-1-3-5-11)18-8-6-17-7-9-18/h1-5,12,17H,6-10H2/t12-/m0/s1. The Morgan fingerprint density at radius 1 is 1.11 bits per heavy atom. The fraction of sp³-hybridized carbons (Fsp3) is 0.538. The van der Waals surface area contributed by atoms with Crippen molar-refractivity contribution in [3.8, 4) is 0 Å². The molecule has 0 aliphatic carbocycles. The first-order valence-electron chi connectivity index (χ1n) is 6.13. The van der Waals surface area contributed by atoms with E-state index in [0.717, 1.165) is 18.7 Å². The van der Waals surface area contributed by atoms with Crippen LogP contribution in [0.25, 0.3) is 0 Å². The van der Waals surface area contributed by atoms with Crippen molar-refractivity contribution in [3.63, 3.8) is 0 Å². The Hall–Kier alpha value is -1.07. The number of halogens is 3. The van der Waals surface area contributed by atoms with Crippen LogP contribution in [-0.4, -0.2) is 37.3 Å². The summed E-state index contributed by atoms with van der Waals surface area (Å²) in [6.45, 7) is 2.83. The van der Waals surface area contributed by atoms with Crippen molar-refractivity contribution in [1.82, 2.24) is 10.2 Å². The van der Waals surface area contributed by atoms with Crippen molar-refractivity contribution in [3.05, 3.63) is 35.9 Å². The number of piperazine rings is 1. The molecule has 1 aliphatic rings. The zero-order chi connectivity index (χ0) is 13.0. The molecule has 2 rings (SSSR count). The van der Waals surface area contributed by atoms with Gasteiger partial charge in [0.1, 0.15) is 0 Å². The minimum atomic E-state index is -4.13. The van der Waals surface area contributed by atoms with Gasteiger partial charge in [-0.25, -0.2) is 0 Å². The normalized spacial score (nSPS) is 19.7. The first-order valence-corrected chi connectivity index (χ1v) is 6.13. The Morgan fingerprint density at radius 2 is 1.72 bits per heavy atom. The SMILES string of the molecule is FC(F)(F)C[C@@H](c1ccccc1)N1CCNCC1. The summed E-state index contributed by atoms with van der Waals surface area (Å²) in [6.07, 6.45) is -4.91. The maximum Gasteiger partial charge on any atom is 0.390 e. The van der Waals surface area contributed by atoms with Crippen molar-refractivity contribution < 1.29 is 13.2 Å². The summed E-state index contributed by atoms with van der Waals surface area (Å²) in [5, 5.41) is 3.16. The van der Waals surface area contributed by atoms with E-state index in [1.54, 1.807) is 24.3 Å². The Balaban J connectivity index is 2.17. The average Bonchev–Trinajstić information content (AvgIpc) is 2.37. The Labute approximate surface area is 105 Å². The van der Waals surface area contributed by atoms with Crippen molar-refractivity contribution >= 4 is 0 Å². The Morgan fingerprint density at radius 3 is 2.28 bits per heavy atom. The molecule has 0 bridgehead atoms. The van der Waals surface area contributed by atoms with E-state index in [1.807, 2.05) is 11.0 Å². The van der Waals surface area contributed by atoms with Crippen LogP contribution >= 0.6 is 0 Å². The topological polar surface area (TPSA) is 15.3 Å². The van der Waals surface area contributed by atoms with Gasteiger partial charge in [0.2, 0.25) is 0 Å². The molecule has 2 nitrogen and oxygen atoms in total. The zero-order valence-corrected chi connectivity index (χ0v) is 10.1.